The molecule has 13 heavy (non-hydrogen) atoms. The molecule has 1 aromatic heterocycles. The Kier molecular flexibility index (Phi) is 3.67. The Morgan fingerprint density at radius 2 is 2.38 bits per heavy atom. The first-order chi connectivity index (χ1) is 6.24. The minimum Gasteiger partial charge on any atom is -0.394 e. The molecule has 1 heterocycles. The number of nitrogens with zero attached hydrogens (tertiary/aromatic N) is 1. The lowest BCUT2D eigenvalue weighted by Crippen LogP contribution is -2.23. The van der Waals surface area contributed by atoms with E-state index in [0.717, 1.165) is 11.3 Å². The molecule has 1 aromatic rings. The Hall–Kier alpha value is -1.13. The van der Waals surface area contributed by atoms with Gasteiger partial charge in [-0.1, -0.05) is 0 Å². The van der Waals surface area contributed by atoms with Crippen molar-refractivity contribution in [2.24, 2.45) is 0 Å². The van der Waals surface area contributed by atoms with Crippen LogP contribution in [0.2, 0.25) is 0 Å². The molecule has 0 bridgehead atoms. The summed E-state index contributed by atoms with van der Waals surface area (Å²) in [6.07, 6.45) is 2.71. The van der Waals surface area contributed by atoms with Crippen LogP contribution in [0.3, 0.4) is 0 Å². The first kappa shape index (κ1) is 9.95. The number of aryl methyl sites for hydroxylation is 1. The second-order valence-corrected chi connectivity index (χ2v) is 2.91. The number of nitrogens with one attached hydrogen (secondary N) is 1. The zero-order chi connectivity index (χ0) is 9.68. The molecule has 0 radical (unpaired) electrons. The molecule has 1 rings (SSSR count). The molecule has 4 heteroatoms. The number of aliphatic hydroxyl groups is 2. The number of hydrogen-bond donors (Lipinski definition) is 3. The smallest absolute Gasteiger partial charge is 0.0942 e. The molecule has 0 amide bonds. The summed E-state index contributed by atoms with van der Waals surface area (Å²) in [7, 11) is 0. The SMILES string of the molecule is Cc1cnccc1NCC(O)CO. The topological polar surface area (TPSA) is 65.4 Å². The van der Waals surface area contributed by atoms with Gasteiger partial charge in [-0.3, -0.25) is 4.98 Å². The van der Waals surface area contributed by atoms with Gasteiger partial charge in [-0.2, -0.15) is 0 Å². The first-order valence-electron chi connectivity index (χ1n) is 4.17. The Morgan fingerprint density at radius 3 is 3.00 bits per heavy atom. The number of pyridine rings is 1. The van der Waals surface area contributed by atoms with Crippen molar-refractivity contribution >= 4 is 5.69 Å². The summed E-state index contributed by atoms with van der Waals surface area (Å²) in [4.78, 5) is 3.94. The molecular formula is C9H14N2O2. The maximum Gasteiger partial charge on any atom is 0.0942 e. The molecule has 0 aromatic carbocycles. The van der Waals surface area contributed by atoms with Crippen LogP contribution in [0.5, 0.6) is 0 Å². The quantitative estimate of drug-likeness (QED) is 0.620. The molecule has 72 valence electrons. The van der Waals surface area contributed by atoms with E-state index in [1.165, 1.54) is 0 Å². The lowest BCUT2D eigenvalue weighted by atomic mass is 10.2. The van der Waals surface area contributed by atoms with Crippen LogP contribution < -0.4 is 5.32 Å². The Labute approximate surface area is 77.2 Å². The van der Waals surface area contributed by atoms with Crippen LogP contribution in [0.15, 0.2) is 18.5 Å². The summed E-state index contributed by atoms with van der Waals surface area (Å²) >= 11 is 0. The van der Waals surface area contributed by atoms with Crippen LogP contribution in [-0.4, -0.2) is 34.5 Å². The van der Waals surface area contributed by atoms with E-state index in [4.69, 9.17) is 10.2 Å². The highest BCUT2D eigenvalue weighted by Gasteiger charge is 2.02. The summed E-state index contributed by atoms with van der Waals surface area (Å²) in [5.41, 5.74) is 1.95. The number of aromatic nitrogens is 1. The zero-order valence-electron chi connectivity index (χ0n) is 7.57. The molecule has 3 N–H and O–H groups in total. The van der Waals surface area contributed by atoms with Gasteiger partial charge in [0.1, 0.15) is 0 Å². The number of aliphatic hydroxyl groups excluding tert-OH is 2. The second kappa shape index (κ2) is 4.79. The number of hydrogen-bond acceptors (Lipinski definition) is 4. The van der Waals surface area contributed by atoms with Crippen molar-refractivity contribution in [2.75, 3.05) is 18.5 Å². The predicted molar refractivity (Wildman–Crippen MR) is 50.6 cm³/mol. The van der Waals surface area contributed by atoms with Crippen molar-refractivity contribution in [3.63, 3.8) is 0 Å². The van der Waals surface area contributed by atoms with Gasteiger partial charge in [-0.15, -0.1) is 0 Å². The highest BCUT2D eigenvalue weighted by molar-refractivity contribution is 5.48. The van der Waals surface area contributed by atoms with Crippen LogP contribution in [0.25, 0.3) is 0 Å². The van der Waals surface area contributed by atoms with Gasteiger partial charge >= 0.3 is 0 Å². The van der Waals surface area contributed by atoms with Crippen molar-refractivity contribution in [3.8, 4) is 0 Å². The van der Waals surface area contributed by atoms with Gasteiger partial charge in [-0.05, 0) is 18.6 Å². The fourth-order valence-electron chi connectivity index (χ4n) is 0.964. The largest absolute Gasteiger partial charge is 0.394 e. The normalized spacial score (nSPS) is 12.5. The van der Waals surface area contributed by atoms with E-state index < -0.39 is 6.10 Å². The summed E-state index contributed by atoms with van der Waals surface area (Å²) in [6.45, 7) is 2.05. The fraction of sp³-hybridized carbons (Fsp3) is 0.444. The third-order valence-corrected chi connectivity index (χ3v) is 1.76. The van der Waals surface area contributed by atoms with E-state index in [9.17, 15) is 0 Å². The maximum atomic E-state index is 9.08. The van der Waals surface area contributed by atoms with Crippen LogP contribution in [0.4, 0.5) is 5.69 Å². The predicted octanol–water partition coefficient (Wildman–Crippen LogP) is 0.155. The van der Waals surface area contributed by atoms with Gasteiger partial charge in [-0.25, -0.2) is 0 Å². The fourth-order valence-corrected chi connectivity index (χ4v) is 0.964. The molecule has 4 nitrogen and oxygen atoms in total. The zero-order valence-corrected chi connectivity index (χ0v) is 7.57. The first-order valence-corrected chi connectivity index (χ1v) is 4.17. The van der Waals surface area contributed by atoms with E-state index in [-0.39, 0.29) is 6.61 Å². The Morgan fingerprint density at radius 1 is 1.62 bits per heavy atom. The third kappa shape index (κ3) is 3.01. The summed E-state index contributed by atoms with van der Waals surface area (Å²) in [5, 5.41) is 20.7. The van der Waals surface area contributed by atoms with Crippen molar-refractivity contribution in [2.45, 2.75) is 13.0 Å². The van der Waals surface area contributed by atoms with Gasteiger partial charge < -0.3 is 15.5 Å². The molecule has 0 aliphatic carbocycles. The highest BCUT2D eigenvalue weighted by Crippen LogP contribution is 2.10. The van der Waals surface area contributed by atoms with Crippen molar-refractivity contribution in [1.82, 2.24) is 4.98 Å². The third-order valence-electron chi connectivity index (χ3n) is 1.76. The minimum atomic E-state index is -0.715. The minimum absolute atomic E-state index is 0.225. The van der Waals surface area contributed by atoms with E-state index >= 15 is 0 Å². The Balaban J connectivity index is 2.50. The van der Waals surface area contributed by atoms with Gasteiger partial charge in [0.15, 0.2) is 0 Å². The lowest BCUT2D eigenvalue weighted by Gasteiger charge is -2.11. The average molecular weight is 182 g/mol. The van der Waals surface area contributed by atoms with Gasteiger partial charge in [0.25, 0.3) is 0 Å². The number of anilines is 1. The molecule has 0 saturated heterocycles. The molecule has 0 saturated carbocycles. The molecule has 0 aliphatic heterocycles. The van der Waals surface area contributed by atoms with Gasteiger partial charge in [0.2, 0.25) is 0 Å². The van der Waals surface area contributed by atoms with Gasteiger partial charge in [0.05, 0.1) is 12.7 Å². The standard InChI is InChI=1S/C9H14N2O2/c1-7-4-10-3-2-9(7)11-5-8(13)6-12/h2-4,8,12-13H,5-6H2,1H3,(H,10,11). The Bertz CT molecular complexity index is 266. The van der Waals surface area contributed by atoms with E-state index in [2.05, 4.69) is 10.3 Å². The molecule has 0 aliphatic rings. The van der Waals surface area contributed by atoms with Crippen molar-refractivity contribution < 1.29 is 10.2 Å². The molecular weight excluding hydrogens is 168 g/mol. The van der Waals surface area contributed by atoms with Crippen LogP contribution in [-0.2, 0) is 0 Å². The van der Waals surface area contributed by atoms with Crippen molar-refractivity contribution in [1.29, 1.82) is 0 Å². The summed E-state index contributed by atoms with van der Waals surface area (Å²) in [5.74, 6) is 0. The summed E-state index contributed by atoms with van der Waals surface area (Å²) in [6, 6.07) is 1.83. The highest BCUT2D eigenvalue weighted by atomic mass is 16.3. The van der Waals surface area contributed by atoms with E-state index in [0.29, 0.717) is 6.54 Å². The van der Waals surface area contributed by atoms with E-state index in [1.54, 1.807) is 12.4 Å². The molecule has 0 fully saturated rings. The number of rotatable bonds is 4. The van der Waals surface area contributed by atoms with Crippen LogP contribution >= 0.6 is 0 Å². The molecule has 1 unspecified atom stereocenters. The summed E-state index contributed by atoms with van der Waals surface area (Å²) < 4.78 is 0. The maximum absolute atomic E-state index is 9.08. The van der Waals surface area contributed by atoms with E-state index in [1.807, 2.05) is 13.0 Å². The molecule has 0 spiro atoms. The monoisotopic (exact) mass is 182 g/mol. The van der Waals surface area contributed by atoms with Crippen LogP contribution in [0.1, 0.15) is 5.56 Å². The lowest BCUT2D eigenvalue weighted by molar-refractivity contribution is 0.105. The van der Waals surface area contributed by atoms with Crippen LogP contribution in [0, 0.1) is 6.92 Å². The average Bonchev–Trinajstić information content (AvgIpc) is 2.16. The molecule has 1 atom stereocenters. The van der Waals surface area contributed by atoms with Crippen molar-refractivity contribution in [3.05, 3.63) is 24.0 Å². The second-order valence-electron chi connectivity index (χ2n) is 2.91. The van der Waals surface area contributed by atoms with Gasteiger partial charge in [0, 0.05) is 24.6 Å².